The molecule has 0 saturated carbocycles. The fourth-order valence-corrected chi connectivity index (χ4v) is 3.42. The lowest BCUT2D eigenvalue weighted by atomic mass is 10.1. The van der Waals surface area contributed by atoms with Crippen LogP contribution in [0.25, 0.3) is 5.65 Å². The molecular weight excluding hydrogens is 396 g/mol. The van der Waals surface area contributed by atoms with E-state index in [-0.39, 0.29) is 23.8 Å². The summed E-state index contributed by atoms with van der Waals surface area (Å²) in [7, 11) is 0. The first-order valence-electron chi connectivity index (χ1n) is 10.1. The number of primary amides is 1. The second kappa shape index (κ2) is 9.84. The highest BCUT2D eigenvalue weighted by molar-refractivity contribution is 5.98. The van der Waals surface area contributed by atoms with E-state index in [2.05, 4.69) is 20.7 Å². The molecule has 0 radical (unpaired) electrons. The van der Waals surface area contributed by atoms with E-state index in [1.165, 1.54) is 6.20 Å². The molecule has 0 saturated heterocycles. The Morgan fingerprint density at radius 1 is 1.03 bits per heavy atom. The van der Waals surface area contributed by atoms with E-state index in [4.69, 9.17) is 5.73 Å². The van der Waals surface area contributed by atoms with Crippen molar-refractivity contribution in [2.75, 3.05) is 13.1 Å². The zero-order valence-electron chi connectivity index (χ0n) is 17.6. The Balaban J connectivity index is 1.47. The molecule has 3 aromatic rings. The summed E-state index contributed by atoms with van der Waals surface area (Å²) in [6, 6.07) is 9.48. The summed E-state index contributed by atoms with van der Waals surface area (Å²) in [6.07, 6.45) is 2.47. The quantitative estimate of drug-likeness (QED) is 0.440. The van der Waals surface area contributed by atoms with Gasteiger partial charge in [-0.1, -0.05) is 30.3 Å². The number of nitrogens with one attached hydrogen (secondary N) is 2. The summed E-state index contributed by atoms with van der Waals surface area (Å²) >= 11 is 0. The predicted molar refractivity (Wildman–Crippen MR) is 115 cm³/mol. The lowest BCUT2D eigenvalue weighted by Crippen LogP contribution is -2.35. The number of aromatic nitrogens is 3. The Bertz CT molecular complexity index is 1110. The van der Waals surface area contributed by atoms with E-state index in [1.54, 1.807) is 4.52 Å². The lowest BCUT2D eigenvalue weighted by Gasteiger charge is -2.12. The summed E-state index contributed by atoms with van der Waals surface area (Å²) in [4.78, 5) is 40.1. The molecule has 0 aliphatic carbocycles. The van der Waals surface area contributed by atoms with Crippen molar-refractivity contribution in [2.24, 2.45) is 5.73 Å². The normalized spacial score (nSPS) is 10.8. The van der Waals surface area contributed by atoms with Crippen LogP contribution < -0.4 is 16.4 Å². The molecule has 9 nitrogen and oxygen atoms in total. The van der Waals surface area contributed by atoms with Crippen LogP contribution >= 0.6 is 0 Å². The third-order valence-corrected chi connectivity index (χ3v) is 5.05. The van der Waals surface area contributed by atoms with Gasteiger partial charge < -0.3 is 16.4 Å². The Labute approximate surface area is 180 Å². The van der Waals surface area contributed by atoms with E-state index in [1.807, 2.05) is 44.2 Å². The standard InChI is InChI=1S/C22H26N6O3/c1-14-17(15(2)28-22(27-14)18(13-26-28)21(23)31)8-9-19(29)24-10-11-25-20(30)12-16-6-4-3-5-7-16/h3-7,13H,8-12H2,1-2H3,(H2,23,31)(H,24,29)(H,25,30). The van der Waals surface area contributed by atoms with E-state index in [9.17, 15) is 14.4 Å². The highest BCUT2D eigenvalue weighted by Crippen LogP contribution is 2.18. The van der Waals surface area contributed by atoms with Crippen molar-refractivity contribution in [3.05, 3.63) is 64.6 Å². The van der Waals surface area contributed by atoms with Crippen molar-refractivity contribution in [1.29, 1.82) is 0 Å². The molecule has 162 valence electrons. The van der Waals surface area contributed by atoms with Crippen LogP contribution in [-0.4, -0.2) is 45.4 Å². The topological polar surface area (TPSA) is 131 Å². The number of carbonyl (C=O) groups excluding carboxylic acids is 3. The monoisotopic (exact) mass is 422 g/mol. The zero-order chi connectivity index (χ0) is 22.4. The van der Waals surface area contributed by atoms with Gasteiger partial charge in [0, 0.05) is 30.9 Å². The van der Waals surface area contributed by atoms with Crippen LogP contribution in [0, 0.1) is 13.8 Å². The number of hydrogen-bond acceptors (Lipinski definition) is 5. The van der Waals surface area contributed by atoms with Crippen molar-refractivity contribution in [2.45, 2.75) is 33.1 Å². The Morgan fingerprint density at radius 2 is 1.71 bits per heavy atom. The number of nitrogens with two attached hydrogens (primary N) is 1. The molecule has 0 aliphatic rings. The summed E-state index contributed by atoms with van der Waals surface area (Å²) in [5, 5.41) is 9.79. The highest BCUT2D eigenvalue weighted by Gasteiger charge is 2.17. The van der Waals surface area contributed by atoms with E-state index >= 15 is 0 Å². The van der Waals surface area contributed by atoms with Gasteiger partial charge in [0.1, 0.15) is 5.56 Å². The van der Waals surface area contributed by atoms with Crippen LogP contribution in [0.4, 0.5) is 0 Å². The second-order valence-electron chi connectivity index (χ2n) is 7.28. The van der Waals surface area contributed by atoms with Gasteiger partial charge in [0.25, 0.3) is 5.91 Å². The fraction of sp³-hybridized carbons (Fsp3) is 0.318. The zero-order valence-corrected chi connectivity index (χ0v) is 17.6. The molecule has 31 heavy (non-hydrogen) atoms. The molecule has 0 spiro atoms. The number of nitrogens with zero attached hydrogens (tertiary/aromatic N) is 3. The van der Waals surface area contributed by atoms with Crippen molar-refractivity contribution in [1.82, 2.24) is 25.2 Å². The van der Waals surface area contributed by atoms with Gasteiger partial charge in [0.05, 0.1) is 12.6 Å². The fourth-order valence-electron chi connectivity index (χ4n) is 3.42. The molecule has 0 unspecified atom stereocenters. The summed E-state index contributed by atoms with van der Waals surface area (Å²) in [5.74, 6) is -0.778. The van der Waals surface area contributed by atoms with Gasteiger partial charge in [-0.3, -0.25) is 14.4 Å². The minimum atomic E-state index is -0.579. The van der Waals surface area contributed by atoms with Gasteiger partial charge >= 0.3 is 0 Å². The smallest absolute Gasteiger partial charge is 0.254 e. The highest BCUT2D eigenvalue weighted by atomic mass is 16.2. The largest absolute Gasteiger partial charge is 0.365 e. The van der Waals surface area contributed by atoms with Crippen molar-refractivity contribution in [3.8, 4) is 0 Å². The maximum atomic E-state index is 12.2. The molecule has 3 rings (SSSR count). The molecule has 2 aromatic heterocycles. The number of rotatable bonds is 9. The first-order valence-corrected chi connectivity index (χ1v) is 10.1. The van der Waals surface area contributed by atoms with Crippen LogP contribution in [-0.2, 0) is 22.4 Å². The summed E-state index contributed by atoms with van der Waals surface area (Å²) < 4.78 is 1.57. The van der Waals surface area contributed by atoms with Gasteiger partial charge in [0.2, 0.25) is 11.8 Å². The van der Waals surface area contributed by atoms with Gasteiger partial charge in [-0.25, -0.2) is 9.50 Å². The Hall–Kier alpha value is -3.75. The molecule has 9 heteroatoms. The summed E-state index contributed by atoms with van der Waals surface area (Å²) in [5.41, 5.74) is 9.44. The minimum Gasteiger partial charge on any atom is -0.365 e. The number of benzene rings is 1. The van der Waals surface area contributed by atoms with Crippen molar-refractivity contribution >= 4 is 23.4 Å². The van der Waals surface area contributed by atoms with Crippen LogP contribution in [0.1, 0.15) is 39.3 Å². The molecular formula is C22H26N6O3. The third kappa shape index (κ3) is 5.44. The molecule has 0 aliphatic heterocycles. The average molecular weight is 422 g/mol. The molecule has 0 bridgehead atoms. The minimum absolute atomic E-state index is 0.0828. The van der Waals surface area contributed by atoms with Crippen LogP contribution in [0.2, 0.25) is 0 Å². The Kier molecular flexibility index (Phi) is 6.96. The van der Waals surface area contributed by atoms with Crippen molar-refractivity contribution < 1.29 is 14.4 Å². The second-order valence-corrected chi connectivity index (χ2v) is 7.28. The SMILES string of the molecule is Cc1nc2c(C(N)=O)cnn2c(C)c1CCC(=O)NCCNC(=O)Cc1ccccc1. The first-order chi connectivity index (χ1) is 14.9. The van der Waals surface area contributed by atoms with Crippen LogP contribution in [0.15, 0.2) is 36.5 Å². The maximum absolute atomic E-state index is 12.2. The molecule has 4 N–H and O–H groups in total. The van der Waals surface area contributed by atoms with E-state index in [0.29, 0.717) is 31.6 Å². The number of amides is 3. The van der Waals surface area contributed by atoms with Crippen molar-refractivity contribution in [3.63, 3.8) is 0 Å². The van der Waals surface area contributed by atoms with Gasteiger partial charge in [-0.15, -0.1) is 0 Å². The number of aryl methyl sites for hydroxylation is 2. The molecule has 0 fully saturated rings. The number of carbonyl (C=O) groups is 3. The average Bonchev–Trinajstić information content (AvgIpc) is 3.16. The molecule has 1 aromatic carbocycles. The number of fused-ring (bicyclic) bond motifs is 1. The number of hydrogen-bond donors (Lipinski definition) is 3. The maximum Gasteiger partial charge on any atom is 0.254 e. The van der Waals surface area contributed by atoms with Gasteiger partial charge in [-0.2, -0.15) is 5.10 Å². The Morgan fingerprint density at radius 3 is 2.39 bits per heavy atom. The van der Waals surface area contributed by atoms with Gasteiger partial charge in [-0.05, 0) is 31.4 Å². The first kappa shape index (κ1) is 21.9. The summed E-state index contributed by atoms with van der Waals surface area (Å²) in [6.45, 7) is 4.43. The molecule has 0 atom stereocenters. The lowest BCUT2D eigenvalue weighted by molar-refractivity contribution is -0.122. The molecule has 2 heterocycles. The predicted octanol–water partition coefficient (Wildman–Crippen LogP) is 0.853. The van der Waals surface area contributed by atoms with Crippen LogP contribution in [0.5, 0.6) is 0 Å². The molecule has 3 amide bonds. The van der Waals surface area contributed by atoms with Crippen LogP contribution in [0.3, 0.4) is 0 Å². The van der Waals surface area contributed by atoms with Gasteiger partial charge in [0.15, 0.2) is 5.65 Å². The van der Waals surface area contributed by atoms with E-state index in [0.717, 1.165) is 22.5 Å². The van der Waals surface area contributed by atoms with E-state index < -0.39 is 5.91 Å². The third-order valence-electron chi connectivity index (χ3n) is 5.05.